The van der Waals surface area contributed by atoms with Crippen LogP contribution in [0.4, 0.5) is 0 Å². The summed E-state index contributed by atoms with van der Waals surface area (Å²) in [6, 6.07) is 5.81. The van der Waals surface area contributed by atoms with Crippen molar-refractivity contribution in [3.63, 3.8) is 0 Å². The number of halogens is 1. The van der Waals surface area contributed by atoms with E-state index in [-0.39, 0.29) is 11.9 Å². The third kappa shape index (κ3) is 1.48. The first-order valence-electron chi connectivity index (χ1n) is 4.43. The molecule has 2 rings (SSSR count). The van der Waals surface area contributed by atoms with Crippen molar-refractivity contribution in [2.45, 2.75) is 12.5 Å². The summed E-state index contributed by atoms with van der Waals surface area (Å²) in [5.41, 5.74) is 1.84. The SMILES string of the molecule is C=CCC1NC(=O)c2ccc(Br)cc21. The minimum atomic E-state index is 0.0133. The molecule has 1 heterocycles. The lowest BCUT2D eigenvalue weighted by molar-refractivity contribution is 0.0956. The summed E-state index contributed by atoms with van der Waals surface area (Å²) in [4.78, 5) is 11.5. The molecule has 1 aromatic rings. The molecule has 0 aliphatic carbocycles. The van der Waals surface area contributed by atoms with E-state index in [4.69, 9.17) is 0 Å². The molecule has 72 valence electrons. The molecule has 14 heavy (non-hydrogen) atoms. The maximum Gasteiger partial charge on any atom is 0.252 e. The predicted molar refractivity (Wildman–Crippen MR) is 59.2 cm³/mol. The summed E-state index contributed by atoms with van der Waals surface area (Å²) >= 11 is 3.40. The number of benzene rings is 1. The molecule has 1 atom stereocenters. The van der Waals surface area contributed by atoms with Crippen LogP contribution < -0.4 is 5.32 Å². The molecular formula is C11H10BrNO. The summed E-state index contributed by atoms with van der Waals surface area (Å²) in [6.45, 7) is 3.68. The van der Waals surface area contributed by atoms with Crippen LogP contribution in [0.15, 0.2) is 35.3 Å². The second kappa shape index (κ2) is 3.58. The van der Waals surface area contributed by atoms with E-state index >= 15 is 0 Å². The minimum absolute atomic E-state index is 0.0133. The zero-order valence-electron chi connectivity index (χ0n) is 7.59. The highest BCUT2D eigenvalue weighted by Crippen LogP contribution is 2.30. The number of rotatable bonds is 2. The molecule has 3 heteroatoms. The van der Waals surface area contributed by atoms with Gasteiger partial charge in [0.05, 0.1) is 6.04 Å². The largest absolute Gasteiger partial charge is 0.345 e. The van der Waals surface area contributed by atoms with E-state index in [9.17, 15) is 4.79 Å². The van der Waals surface area contributed by atoms with Crippen molar-refractivity contribution in [1.82, 2.24) is 5.32 Å². The number of hydrogen-bond donors (Lipinski definition) is 1. The smallest absolute Gasteiger partial charge is 0.252 e. The van der Waals surface area contributed by atoms with E-state index in [0.29, 0.717) is 0 Å². The number of fused-ring (bicyclic) bond motifs is 1. The quantitative estimate of drug-likeness (QED) is 0.805. The predicted octanol–water partition coefficient (Wildman–Crippen LogP) is 2.81. The molecule has 1 N–H and O–H groups in total. The minimum Gasteiger partial charge on any atom is -0.345 e. The highest BCUT2D eigenvalue weighted by atomic mass is 79.9. The summed E-state index contributed by atoms with van der Waals surface area (Å²) in [5.74, 6) is 0.0133. The van der Waals surface area contributed by atoms with Crippen molar-refractivity contribution in [3.05, 3.63) is 46.5 Å². The Kier molecular flexibility index (Phi) is 2.42. The van der Waals surface area contributed by atoms with Gasteiger partial charge in [-0.3, -0.25) is 4.79 Å². The fraction of sp³-hybridized carbons (Fsp3) is 0.182. The number of nitrogens with one attached hydrogen (secondary N) is 1. The van der Waals surface area contributed by atoms with Crippen LogP contribution in [0.5, 0.6) is 0 Å². The van der Waals surface area contributed by atoms with Gasteiger partial charge < -0.3 is 5.32 Å². The number of carbonyl (C=O) groups is 1. The van der Waals surface area contributed by atoms with Crippen molar-refractivity contribution in [2.75, 3.05) is 0 Å². The third-order valence-corrected chi connectivity index (χ3v) is 2.83. The average molecular weight is 252 g/mol. The van der Waals surface area contributed by atoms with Crippen LogP contribution in [0.2, 0.25) is 0 Å². The van der Waals surface area contributed by atoms with Crippen molar-refractivity contribution in [2.24, 2.45) is 0 Å². The first-order chi connectivity index (χ1) is 6.72. The van der Waals surface area contributed by atoms with Gasteiger partial charge in [0.25, 0.3) is 5.91 Å². The first kappa shape index (κ1) is 9.46. The number of amides is 1. The topological polar surface area (TPSA) is 29.1 Å². The van der Waals surface area contributed by atoms with Gasteiger partial charge in [0.15, 0.2) is 0 Å². The first-order valence-corrected chi connectivity index (χ1v) is 5.23. The zero-order chi connectivity index (χ0) is 10.1. The van der Waals surface area contributed by atoms with Crippen LogP contribution in [0.1, 0.15) is 28.4 Å². The van der Waals surface area contributed by atoms with Gasteiger partial charge in [-0.2, -0.15) is 0 Å². The van der Waals surface area contributed by atoms with Gasteiger partial charge in [0.2, 0.25) is 0 Å². The van der Waals surface area contributed by atoms with Crippen molar-refractivity contribution >= 4 is 21.8 Å². The second-order valence-corrected chi connectivity index (χ2v) is 4.20. The molecular weight excluding hydrogens is 242 g/mol. The van der Waals surface area contributed by atoms with Gasteiger partial charge in [-0.25, -0.2) is 0 Å². The Bertz CT molecular complexity index is 400. The second-order valence-electron chi connectivity index (χ2n) is 3.28. The third-order valence-electron chi connectivity index (χ3n) is 2.34. The Morgan fingerprint density at radius 2 is 2.36 bits per heavy atom. The molecule has 1 aliphatic rings. The molecule has 0 aromatic heterocycles. The van der Waals surface area contributed by atoms with Crippen molar-refractivity contribution in [1.29, 1.82) is 0 Å². The molecule has 0 saturated carbocycles. The van der Waals surface area contributed by atoms with Gasteiger partial charge in [-0.15, -0.1) is 6.58 Å². The maximum atomic E-state index is 11.5. The Balaban J connectivity index is 2.45. The lowest BCUT2D eigenvalue weighted by Gasteiger charge is -2.08. The molecule has 1 unspecified atom stereocenters. The van der Waals surface area contributed by atoms with Gasteiger partial charge in [-0.05, 0) is 30.2 Å². The lowest BCUT2D eigenvalue weighted by atomic mass is 10.0. The van der Waals surface area contributed by atoms with E-state index in [1.807, 2.05) is 24.3 Å². The summed E-state index contributed by atoms with van der Waals surface area (Å²) < 4.78 is 1.00. The van der Waals surface area contributed by atoms with Crippen LogP contribution in [0, 0.1) is 0 Å². The summed E-state index contributed by atoms with van der Waals surface area (Å²) in [7, 11) is 0. The van der Waals surface area contributed by atoms with E-state index < -0.39 is 0 Å². The van der Waals surface area contributed by atoms with Crippen LogP contribution in [-0.4, -0.2) is 5.91 Å². The molecule has 1 aromatic carbocycles. The number of carbonyl (C=O) groups excluding carboxylic acids is 1. The maximum absolute atomic E-state index is 11.5. The highest BCUT2D eigenvalue weighted by molar-refractivity contribution is 9.10. The summed E-state index contributed by atoms with van der Waals surface area (Å²) in [6.07, 6.45) is 2.59. The molecule has 0 fully saturated rings. The summed E-state index contributed by atoms with van der Waals surface area (Å²) in [5, 5.41) is 2.92. The van der Waals surface area contributed by atoms with E-state index in [0.717, 1.165) is 22.0 Å². The van der Waals surface area contributed by atoms with Crippen LogP contribution >= 0.6 is 15.9 Å². The van der Waals surface area contributed by atoms with Crippen molar-refractivity contribution in [3.8, 4) is 0 Å². The van der Waals surface area contributed by atoms with Gasteiger partial charge in [0.1, 0.15) is 0 Å². The normalized spacial score (nSPS) is 18.9. The van der Waals surface area contributed by atoms with E-state index in [1.54, 1.807) is 0 Å². The Labute approximate surface area is 91.1 Å². The van der Waals surface area contributed by atoms with E-state index in [2.05, 4.69) is 27.8 Å². The number of hydrogen-bond acceptors (Lipinski definition) is 1. The average Bonchev–Trinajstić information content (AvgIpc) is 2.44. The van der Waals surface area contributed by atoms with Crippen LogP contribution in [0.25, 0.3) is 0 Å². The fourth-order valence-electron chi connectivity index (χ4n) is 1.69. The Hall–Kier alpha value is -1.09. The fourth-order valence-corrected chi connectivity index (χ4v) is 2.07. The standard InChI is InChI=1S/C11H10BrNO/c1-2-3-10-9-6-7(12)4-5-8(9)11(14)13-10/h2,4-6,10H,1,3H2,(H,13,14). The lowest BCUT2D eigenvalue weighted by Crippen LogP contribution is -2.18. The molecule has 0 saturated heterocycles. The molecule has 0 bridgehead atoms. The van der Waals surface area contributed by atoms with Gasteiger partial charge in [0, 0.05) is 10.0 Å². The molecule has 0 spiro atoms. The van der Waals surface area contributed by atoms with Crippen molar-refractivity contribution < 1.29 is 4.79 Å². The Morgan fingerprint density at radius 1 is 1.57 bits per heavy atom. The van der Waals surface area contributed by atoms with Gasteiger partial charge in [-0.1, -0.05) is 22.0 Å². The molecule has 1 amide bonds. The molecule has 0 radical (unpaired) electrons. The monoisotopic (exact) mass is 251 g/mol. The van der Waals surface area contributed by atoms with Crippen LogP contribution in [-0.2, 0) is 0 Å². The van der Waals surface area contributed by atoms with E-state index in [1.165, 1.54) is 0 Å². The van der Waals surface area contributed by atoms with Crippen LogP contribution in [0.3, 0.4) is 0 Å². The van der Waals surface area contributed by atoms with Gasteiger partial charge >= 0.3 is 0 Å². The Morgan fingerprint density at radius 3 is 3.07 bits per heavy atom. The highest BCUT2D eigenvalue weighted by Gasteiger charge is 2.27. The zero-order valence-corrected chi connectivity index (χ0v) is 9.17. The molecule has 2 nitrogen and oxygen atoms in total. The molecule has 1 aliphatic heterocycles.